The highest BCUT2D eigenvalue weighted by Crippen LogP contribution is 2.30. The van der Waals surface area contributed by atoms with Gasteiger partial charge in [-0.25, -0.2) is 13.2 Å². The van der Waals surface area contributed by atoms with E-state index in [1.54, 1.807) is 12.1 Å². The summed E-state index contributed by atoms with van der Waals surface area (Å²) in [6, 6.07) is 14.1. The van der Waals surface area contributed by atoms with Gasteiger partial charge in [0.1, 0.15) is 0 Å². The van der Waals surface area contributed by atoms with E-state index in [9.17, 15) is 18.0 Å². The van der Waals surface area contributed by atoms with E-state index in [4.69, 9.17) is 4.74 Å². The van der Waals surface area contributed by atoms with Gasteiger partial charge in [-0.1, -0.05) is 30.3 Å². The fourth-order valence-corrected chi connectivity index (χ4v) is 3.86. The topological polar surface area (TPSA) is 92.8 Å². The summed E-state index contributed by atoms with van der Waals surface area (Å²) in [5, 5.41) is 2.68. The highest BCUT2D eigenvalue weighted by molar-refractivity contribution is 7.92. The molecular formula is C19H20N2O5S. The number of nitrogens with one attached hydrogen (secondary N) is 1. The lowest BCUT2D eigenvalue weighted by Gasteiger charge is -2.16. The van der Waals surface area contributed by atoms with Gasteiger partial charge in [-0.05, 0) is 35.7 Å². The Labute approximate surface area is 158 Å². The van der Waals surface area contributed by atoms with Crippen LogP contribution >= 0.6 is 0 Å². The van der Waals surface area contributed by atoms with Crippen LogP contribution in [0.5, 0.6) is 0 Å². The van der Waals surface area contributed by atoms with Crippen LogP contribution in [0.4, 0.5) is 5.69 Å². The molecule has 27 heavy (non-hydrogen) atoms. The molecule has 0 saturated carbocycles. The second-order valence-electron chi connectivity index (χ2n) is 6.27. The molecule has 7 nitrogen and oxygen atoms in total. The normalized spacial score (nSPS) is 13.1. The minimum atomic E-state index is -3.34. The number of esters is 1. The fraction of sp³-hybridized carbons (Fsp3) is 0.263. The lowest BCUT2D eigenvalue weighted by Crippen LogP contribution is -2.28. The Balaban J connectivity index is 1.55. The molecule has 142 valence electrons. The van der Waals surface area contributed by atoms with E-state index in [-0.39, 0.29) is 6.61 Å². The van der Waals surface area contributed by atoms with Gasteiger partial charge in [-0.15, -0.1) is 0 Å². The molecule has 1 aliphatic heterocycles. The summed E-state index contributed by atoms with van der Waals surface area (Å²) in [7, 11) is -3.34. The largest absolute Gasteiger partial charge is 0.452 e. The Morgan fingerprint density at radius 3 is 2.59 bits per heavy atom. The van der Waals surface area contributed by atoms with Crippen LogP contribution in [0.1, 0.15) is 21.5 Å². The molecule has 2 aromatic rings. The molecule has 0 atom stereocenters. The summed E-state index contributed by atoms with van der Waals surface area (Å²) in [4.78, 5) is 24.0. The minimum Gasteiger partial charge on any atom is -0.452 e. The predicted molar refractivity (Wildman–Crippen MR) is 101 cm³/mol. The molecule has 0 aliphatic carbocycles. The number of carbonyl (C=O) groups is 2. The monoisotopic (exact) mass is 388 g/mol. The Morgan fingerprint density at radius 2 is 1.89 bits per heavy atom. The average molecular weight is 388 g/mol. The van der Waals surface area contributed by atoms with Crippen molar-refractivity contribution in [2.75, 3.05) is 23.7 Å². The summed E-state index contributed by atoms with van der Waals surface area (Å²) in [5.41, 5.74) is 2.59. The molecule has 0 unspecified atom stereocenters. The zero-order chi connectivity index (χ0) is 19.4. The van der Waals surface area contributed by atoms with Gasteiger partial charge in [0.2, 0.25) is 10.0 Å². The third-order valence-electron chi connectivity index (χ3n) is 4.24. The SMILES string of the molecule is CS(=O)(=O)N1CCc2cc(C(=O)OCC(=O)NCc3ccccc3)ccc21. The zero-order valence-corrected chi connectivity index (χ0v) is 15.7. The molecular weight excluding hydrogens is 368 g/mol. The van der Waals surface area contributed by atoms with Crippen LogP contribution in [0.25, 0.3) is 0 Å². The van der Waals surface area contributed by atoms with Gasteiger partial charge in [0.25, 0.3) is 5.91 Å². The number of anilines is 1. The van der Waals surface area contributed by atoms with Crippen molar-refractivity contribution in [1.29, 1.82) is 0 Å². The maximum Gasteiger partial charge on any atom is 0.338 e. The number of hydrogen-bond donors (Lipinski definition) is 1. The predicted octanol–water partition coefficient (Wildman–Crippen LogP) is 1.48. The summed E-state index contributed by atoms with van der Waals surface area (Å²) in [6.07, 6.45) is 1.68. The number of hydrogen-bond acceptors (Lipinski definition) is 5. The van der Waals surface area contributed by atoms with Gasteiger partial charge in [0.05, 0.1) is 17.5 Å². The molecule has 1 amide bonds. The number of benzene rings is 2. The average Bonchev–Trinajstić information content (AvgIpc) is 3.09. The third-order valence-corrected chi connectivity index (χ3v) is 5.42. The van der Waals surface area contributed by atoms with Crippen LogP contribution in [-0.4, -0.2) is 39.7 Å². The summed E-state index contributed by atoms with van der Waals surface area (Å²) in [5.74, 6) is -1.01. The Morgan fingerprint density at radius 1 is 1.15 bits per heavy atom. The maximum atomic E-state index is 12.2. The Bertz CT molecular complexity index is 957. The van der Waals surface area contributed by atoms with Crippen LogP contribution in [0.2, 0.25) is 0 Å². The first-order valence-electron chi connectivity index (χ1n) is 8.43. The van der Waals surface area contributed by atoms with Crippen LogP contribution in [0.15, 0.2) is 48.5 Å². The number of nitrogens with zero attached hydrogens (tertiary/aromatic N) is 1. The first kappa shape index (κ1) is 18.9. The first-order chi connectivity index (χ1) is 12.8. The van der Waals surface area contributed by atoms with Crippen LogP contribution in [0.3, 0.4) is 0 Å². The molecule has 3 rings (SSSR count). The number of amides is 1. The Kier molecular flexibility index (Phi) is 5.46. The van der Waals surface area contributed by atoms with E-state index in [1.807, 2.05) is 30.3 Å². The van der Waals surface area contributed by atoms with E-state index >= 15 is 0 Å². The van der Waals surface area contributed by atoms with E-state index in [0.717, 1.165) is 17.4 Å². The second-order valence-corrected chi connectivity index (χ2v) is 8.17. The lowest BCUT2D eigenvalue weighted by molar-refractivity contribution is -0.124. The molecule has 1 aliphatic rings. The van der Waals surface area contributed by atoms with Gasteiger partial charge in [-0.3, -0.25) is 9.10 Å². The molecule has 0 saturated heterocycles. The molecule has 1 N–H and O–H groups in total. The van der Waals surface area contributed by atoms with Crippen LogP contribution in [0, 0.1) is 0 Å². The quantitative estimate of drug-likeness (QED) is 0.757. The van der Waals surface area contributed by atoms with E-state index < -0.39 is 21.9 Å². The van der Waals surface area contributed by atoms with Gasteiger partial charge in [-0.2, -0.15) is 0 Å². The van der Waals surface area contributed by atoms with Crippen molar-refractivity contribution in [3.8, 4) is 0 Å². The van der Waals surface area contributed by atoms with Crippen molar-refractivity contribution in [2.24, 2.45) is 0 Å². The summed E-state index contributed by atoms with van der Waals surface area (Å²) < 4.78 is 29.9. The summed E-state index contributed by atoms with van der Waals surface area (Å²) >= 11 is 0. The highest BCUT2D eigenvalue weighted by Gasteiger charge is 2.27. The molecule has 0 spiro atoms. The van der Waals surface area contributed by atoms with Gasteiger partial charge in [0.15, 0.2) is 6.61 Å². The number of carbonyl (C=O) groups excluding carboxylic acids is 2. The summed E-state index contributed by atoms with van der Waals surface area (Å²) in [6.45, 7) is 0.337. The van der Waals surface area contributed by atoms with E-state index in [0.29, 0.717) is 30.8 Å². The first-order valence-corrected chi connectivity index (χ1v) is 10.3. The standard InChI is InChI=1S/C19H20N2O5S/c1-27(24,25)21-10-9-15-11-16(7-8-17(15)21)19(23)26-13-18(22)20-12-14-5-3-2-4-6-14/h2-8,11H,9-10,12-13H2,1H3,(H,20,22). The van der Waals surface area contributed by atoms with Gasteiger partial charge in [0, 0.05) is 13.1 Å². The zero-order valence-electron chi connectivity index (χ0n) is 14.8. The van der Waals surface area contributed by atoms with Crippen molar-refractivity contribution >= 4 is 27.6 Å². The second kappa shape index (κ2) is 7.79. The van der Waals surface area contributed by atoms with Crippen LogP contribution in [-0.2, 0) is 32.5 Å². The minimum absolute atomic E-state index is 0.292. The van der Waals surface area contributed by atoms with Crippen molar-refractivity contribution < 1.29 is 22.7 Å². The van der Waals surface area contributed by atoms with Crippen molar-refractivity contribution in [1.82, 2.24) is 5.32 Å². The van der Waals surface area contributed by atoms with Crippen molar-refractivity contribution in [3.63, 3.8) is 0 Å². The van der Waals surface area contributed by atoms with E-state index in [1.165, 1.54) is 10.4 Å². The van der Waals surface area contributed by atoms with Crippen molar-refractivity contribution in [3.05, 3.63) is 65.2 Å². The lowest BCUT2D eigenvalue weighted by atomic mass is 10.1. The molecule has 0 bridgehead atoms. The molecule has 1 heterocycles. The van der Waals surface area contributed by atoms with E-state index in [2.05, 4.69) is 5.32 Å². The molecule has 0 radical (unpaired) electrons. The van der Waals surface area contributed by atoms with Crippen LogP contribution < -0.4 is 9.62 Å². The molecule has 2 aromatic carbocycles. The fourth-order valence-electron chi connectivity index (χ4n) is 2.90. The molecule has 0 fully saturated rings. The third kappa shape index (κ3) is 4.65. The number of fused-ring (bicyclic) bond motifs is 1. The van der Waals surface area contributed by atoms with Gasteiger partial charge < -0.3 is 10.1 Å². The number of sulfonamides is 1. The number of ether oxygens (including phenoxy) is 1. The smallest absolute Gasteiger partial charge is 0.338 e. The highest BCUT2D eigenvalue weighted by atomic mass is 32.2. The Hall–Kier alpha value is -2.87. The maximum absolute atomic E-state index is 12.2. The molecule has 8 heteroatoms. The number of rotatable bonds is 6. The van der Waals surface area contributed by atoms with Gasteiger partial charge >= 0.3 is 5.97 Å². The molecule has 0 aromatic heterocycles. The van der Waals surface area contributed by atoms with Crippen molar-refractivity contribution in [2.45, 2.75) is 13.0 Å².